The molecule has 1 aliphatic rings. The molecule has 11 heteroatoms. The minimum absolute atomic E-state index is 0.0656. The van der Waals surface area contributed by atoms with Crippen molar-refractivity contribution in [2.24, 2.45) is 0 Å². The number of hydrogen-bond acceptors (Lipinski definition) is 5. The van der Waals surface area contributed by atoms with Gasteiger partial charge in [0.1, 0.15) is 30.0 Å². The Hall–Kier alpha value is -4.77. The summed E-state index contributed by atoms with van der Waals surface area (Å²) in [4.78, 5) is 29.8. The lowest BCUT2D eigenvalue weighted by Crippen LogP contribution is -2.55. The Morgan fingerprint density at radius 1 is 0.857 bits per heavy atom. The standard InChI is InChI=1S/C38H41F2N3O5S/c1-2-48-33-21-19-32(20-22-33)43(49(46,47)34-23-17-30(39)18-24-34)27-37(44)42(26-29-13-9-10-16-35(29)40)36(25-28-11-5-3-6-12-28)38(45)41-31-14-7-4-8-15-31/h3,5-6,9-13,16-24,31,36H,2,4,7-8,14-15,25-27H2,1H3,(H,41,45)/t36-/m1/s1. The molecule has 0 bridgehead atoms. The van der Waals surface area contributed by atoms with E-state index in [0.29, 0.717) is 12.4 Å². The third-order valence-corrected chi connectivity index (χ3v) is 10.4. The van der Waals surface area contributed by atoms with E-state index in [1.165, 1.54) is 35.2 Å². The van der Waals surface area contributed by atoms with Crippen molar-refractivity contribution in [1.82, 2.24) is 10.2 Å². The summed E-state index contributed by atoms with van der Waals surface area (Å²) >= 11 is 0. The first-order valence-electron chi connectivity index (χ1n) is 16.5. The second-order valence-electron chi connectivity index (χ2n) is 12.1. The Bertz CT molecular complexity index is 1800. The molecular weight excluding hydrogens is 648 g/mol. The Balaban J connectivity index is 1.57. The molecule has 0 unspecified atom stereocenters. The van der Waals surface area contributed by atoms with Crippen LogP contribution >= 0.6 is 0 Å². The molecule has 0 saturated heterocycles. The van der Waals surface area contributed by atoms with Crippen LogP contribution in [-0.4, -0.2) is 50.4 Å². The molecule has 1 N–H and O–H groups in total. The summed E-state index contributed by atoms with van der Waals surface area (Å²) in [5, 5.41) is 3.13. The molecule has 0 spiro atoms. The van der Waals surface area contributed by atoms with Crippen LogP contribution in [0.3, 0.4) is 0 Å². The lowest BCUT2D eigenvalue weighted by Gasteiger charge is -2.35. The predicted octanol–water partition coefficient (Wildman–Crippen LogP) is 6.65. The number of rotatable bonds is 14. The van der Waals surface area contributed by atoms with E-state index in [2.05, 4.69) is 5.32 Å². The molecular formula is C38H41F2N3O5S. The van der Waals surface area contributed by atoms with Crippen LogP contribution in [0.15, 0.2) is 108 Å². The van der Waals surface area contributed by atoms with Crippen molar-refractivity contribution in [3.63, 3.8) is 0 Å². The lowest BCUT2D eigenvalue weighted by molar-refractivity contribution is -0.140. The number of benzene rings is 4. The molecule has 8 nitrogen and oxygen atoms in total. The van der Waals surface area contributed by atoms with Gasteiger partial charge in [0.25, 0.3) is 10.0 Å². The van der Waals surface area contributed by atoms with Crippen molar-refractivity contribution in [2.75, 3.05) is 17.5 Å². The number of carbonyl (C=O) groups is 2. The van der Waals surface area contributed by atoms with Gasteiger partial charge >= 0.3 is 0 Å². The second kappa shape index (κ2) is 16.6. The number of hydrogen-bond donors (Lipinski definition) is 1. The van der Waals surface area contributed by atoms with Gasteiger partial charge in [0.05, 0.1) is 17.2 Å². The molecule has 5 rings (SSSR count). The molecule has 0 aromatic heterocycles. The normalized spacial score (nSPS) is 14.1. The smallest absolute Gasteiger partial charge is 0.264 e. The first-order valence-corrected chi connectivity index (χ1v) is 18.0. The Morgan fingerprint density at radius 2 is 1.51 bits per heavy atom. The summed E-state index contributed by atoms with van der Waals surface area (Å²) < 4.78 is 63.7. The number of carbonyl (C=O) groups excluding carboxylic acids is 2. The fourth-order valence-electron chi connectivity index (χ4n) is 6.05. The van der Waals surface area contributed by atoms with Crippen molar-refractivity contribution in [3.8, 4) is 5.75 Å². The van der Waals surface area contributed by atoms with Gasteiger partial charge < -0.3 is 15.0 Å². The van der Waals surface area contributed by atoms with Crippen molar-refractivity contribution < 1.29 is 31.5 Å². The van der Waals surface area contributed by atoms with Crippen molar-refractivity contribution >= 4 is 27.5 Å². The summed E-state index contributed by atoms with van der Waals surface area (Å²) in [6, 6.07) is 24.5. The molecule has 0 radical (unpaired) electrons. The fourth-order valence-corrected chi connectivity index (χ4v) is 7.46. The van der Waals surface area contributed by atoms with E-state index in [1.807, 2.05) is 37.3 Å². The van der Waals surface area contributed by atoms with Gasteiger partial charge in [0, 0.05) is 24.6 Å². The highest BCUT2D eigenvalue weighted by atomic mass is 32.2. The molecule has 1 aliphatic carbocycles. The molecule has 0 heterocycles. The van der Waals surface area contributed by atoms with Gasteiger partial charge in [-0.2, -0.15) is 0 Å². The van der Waals surface area contributed by atoms with Gasteiger partial charge in [-0.15, -0.1) is 0 Å². The zero-order chi connectivity index (χ0) is 34.8. The molecule has 0 aliphatic heterocycles. The van der Waals surface area contributed by atoms with E-state index in [-0.39, 0.29) is 35.2 Å². The van der Waals surface area contributed by atoms with Crippen molar-refractivity contribution in [3.05, 3.63) is 126 Å². The minimum atomic E-state index is -4.43. The zero-order valence-electron chi connectivity index (χ0n) is 27.4. The molecule has 49 heavy (non-hydrogen) atoms. The van der Waals surface area contributed by atoms with E-state index in [0.717, 1.165) is 66.2 Å². The van der Waals surface area contributed by atoms with Crippen LogP contribution < -0.4 is 14.4 Å². The number of ether oxygens (including phenoxy) is 1. The van der Waals surface area contributed by atoms with Crippen LogP contribution in [0.25, 0.3) is 0 Å². The van der Waals surface area contributed by atoms with Crippen molar-refractivity contribution in [2.45, 2.75) is 69.0 Å². The number of nitrogens with zero attached hydrogens (tertiary/aromatic N) is 2. The summed E-state index contributed by atoms with van der Waals surface area (Å²) in [6.07, 6.45) is 4.78. The quantitative estimate of drug-likeness (QED) is 0.160. The lowest BCUT2D eigenvalue weighted by atomic mass is 9.94. The maximum Gasteiger partial charge on any atom is 0.264 e. The van der Waals surface area contributed by atoms with E-state index < -0.39 is 46.1 Å². The third-order valence-electron chi connectivity index (χ3n) is 8.64. The Kier molecular flexibility index (Phi) is 12.0. The fraction of sp³-hybridized carbons (Fsp3) is 0.316. The number of amides is 2. The number of halogens is 2. The number of nitrogens with one attached hydrogen (secondary N) is 1. The van der Waals surface area contributed by atoms with Gasteiger partial charge in [-0.25, -0.2) is 17.2 Å². The highest BCUT2D eigenvalue weighted by Gasteiger charge is 2.36. The third kappa shape index (κ3) is 9.23. The van der Waals surface area contributed by atoms with Crippen LogP contribution in [0, 0.1) is 11.6 Å². The van der Waals surface area contributed by atoms with Crippen LogP contribution in [0.1, 0.15) is 50.2 Å². The van der Waals surface area contributed by atoms with Gasteiger partial charge in [-0.05, 0) is 79.9 Å². The van der Waals surface area contributed by atoms with E-state index in [4.69, 9.17) is 4.74 Å². The van der Waals surface area contributed by atoms with Gasteiger partial charge in [-0.3, -0.25) is 13.9 Å². The second-order valence-corrected chi connectivity index (χ2v) is 13.9. The zero-order valence-corrected chi connectivity index (χ0v) is 28.2. The molecule has 4 aromatic carbocycles. The maximum absolute atomic E-state index is 15.2. The van der Waals surface area contributed by atoms with Crippen molar-refractivity contribution in [1.29, 1.82) is 0 Å². The van der Waals surface area contributed by atoms with E-state index in [9.17, 15) is 22.4 Å². The van der Waals surface area contributed by atoms with E-state index in [1.54, 1.807) is 18.2 Å². The Labute approximate surface area is 286 Å². The predicted molar refractivity (Wildman–Crippen MR) is 184 cm³/mol. The van der Waals surface area contributed by atoms with Gasteiger partial charge in [0.15, 0.2) is 0 Å². The molecule has 2 amide bonds. The highest BCUT2D eigenvalue weighted by molar-refractivity contribution is 7.92. The van der Waals surface area contributed by atoms with Crippen LogP contribution in [-0.2, 0) is 32.6 Å². The summed E-state index contributed by atoms with van der Waals surface area (Å²) in [5.41, 5.74) is 1.10. The number of anilines is 1. The monoisotopic (exact) mass is 689 g/mol. The minimum Gasteiger partial charge on any atom is -0.494 e. The number of sulfonamides is 1. The Morgan fingerprint density at radius 3 is 2.16 bits per heavy atom. The molecule has 1 saturated carbocycles. The van der Waals surface area contributed by atoms with Gasteiger partial charge in [-0.1, -0.05) is 67.8 Å². The first-order chi connectivity index (χ1) is 23.7. The SMILES string of the molecule is CCOc1ccc(N(CC(=O)N(Cc2ccccc2F)[C@H](Cc2ccccc2)C(=O)NC2CCCCC2)S(=O)(=O)c2ccc(F)cc2)cc1. The average molecular weight is 690 g/mol. The highest BCUT2D eigenvalue weighted by Crippen LogP contribution is 2.28. The van der Waals surface area contributed by atoms with Crippen LogP contribution in [0.2, 0.25) is 0 Å². The summed E-state index contributed by atoms with van der Waals surface area (Å²) in [6.45, 7) is 1.21. The first kappa shape index (κ1) is 35.5. The molecule has 4 aromatic rings. The average Bonchev–Trinajstić information content (AvgIpc) is 3.11. The van der Waals surface area contributed by atoms with E-state index >= 15 is 4.39 Å². The summed E-state index contributed by atoms with van der Waals surface area (Å²) in [5.74, 6) is -1.79. The summed E-state index contributed by atoms with van der Waals surface area (Å²) in [7, 11) is -4.43. The largest absolute Gasteiger partial charge is 0.494 e. The van der Waals surface area contributed by atoms with Gasteiger partial charge in [0.2, 0.25) is 11.8 Å². The maximum atomic E-state index is 15.2. The topological polar surface area (TPSA) is 96.0 Å². The molecule has 1 fully saturated rings. The molecule has 1 atom stereocenters. The molecule has 258 valence electrons. The van der Waals surface area contributed by atoms with Crippen LogP contribution in [0.5, 0.6) is 5.75 Å². The van der Waals surface area contributed by atoms with Crippen LogP contribution in [0.4, 0.5) is 14.5 Å².